The number of ketones is 1. The molecule has 1 amide bonds. The number of halogens is 1. The number of rotatable bonds is 5. The number of carbonyl (C=O) groups excluding carboxylic acids is 2. The standard InChI is InChI=1S/C24H17ClN2O6/c1-33-19-11-9-17(10-12-19)26-21(15-3-2-4-18(13-15)27(31)32)20(23(29)24(26)30)22(28)14-5-7-16(25)8-6-14/h2-13,21,28H,1H3. The summed E-state index contributed by atoms with van der Waals surface area (Å²) in [5.74, 6) is -1.64. The molecule has 3 aromatic rings. The van der Waals surface area contributed by atoms with Crippen LogP contribution in [0.2, 0.25) is 5.02 Å². The molecule has 1 heterocycles. The predicted molar refractivity (Wildman–Crippen MR) is 122 cm³/mol. The highest BCUT2D eigenvalue weighted by Crippen LogP contribution is 2.43. The van der Waals surface area contributed by atoms with Gasteiger partial charge in [0, 0.05) is 28.4 Å². The number of ether oxygens (including phenoxy) is 1. The normalized spacial score (nSPS) is 17.3. The number of nitro benzene ring substituents is 1. The van der Waals surface area contributed by atoms with Crippen LogP contribution in [0.1, 0.15) is 17.2 Å². The molecule has 1 aliphatic rings. The van der Waals surface area contributed by atoms with Crippen LogP contribution in [-0.4, -0.2) is 28.8 Å². The molecule has 1 fully saturated rings. The summed E-state index contributed by atoms with van der Waals surface area (Å²) in [6, 6.07) is 17.1. The molecular weight excluding hydrogens is 448 g/mol. The van der Waals surface area contributed by atoms with Crippen molar-refractivity contribution >= 4 is 40.4 Å². The molecule has 1 saturated heterocycles. The summed E-state index contributed by atoms with van der Waals surface area (Å²) in [6.45, 7) is 0. The molecular formula is C24H17ClN2O6. The van der Waals surface area contributed by atoms with E-state index in [1.165, 1.54) is 42.3 Å². The monoisotopic (exact) mass is 464 g/mol. The quantitative estimate of drug-likeness (QED) is 0.189. The van der Waals surface area contributed by atoms with Gasteiger partial charge < -0.3 is 9.84 Å². The van der Waals surface area contributed by atoms with E-state index in [-0.39, 0.29) is 16.8 Å². The molecule has 0 aliphatic carbocycles. The van der Waals surface area contributed by atoms with Crippen molar-refractivity contribution in [2.45, 2.75) is 6.04 Å². The molecule has 3 aromatic carbocycles. The van der Waals surface area contributed by atoms with Gasteiger partial charge in [-0.25, -0.2) is 0 Å². The van der Waals surface area contributed by atoms with Gasteiger partial charge in [-0.2, -0.15) is 0 Å². The second-order valence-electron chi connectivity index (χ2n) is 7.23. The first-order valence-electron chi connectivity index (χ1n) is 9.77. The molecule has 0 saturated carbocycles. The number of non-ortho nitro benzene ring substituents is 1. The second-order valence-corrected chi connectivity index (χ2v) is 7.66. The van der Waals surface area contributed by atoms with Crippen molar-refractivity contribution in [1.29, 1.82) is 0 Å². The van der Waals surface area contributed by atoms with Gasteiger partial charge in [-0.3, -0.25) is 24.6 Å². The third kappa shape index (κ3) is 4.04. The minimum Gasteiger partial charge on any atom is -0.507 e. The Balaban J connectivity index is 1.94. The van der Waals surface area contributed by atoms with Crippen molar-refractivity contribution in [1.82, 2.24) is 0 Å². The predicted octanol–water partition coefficient (Wildman–Crippen LogP) is 4.88. The number of hydrogen-bond donors (Lipinski definition) is 1. The summed E-state index contributed by atoms with van der Waals surface area (Å²) in [6.07, 6.45) is 0. The van der Waals surface area contributed by atoms with Gasteiger partial charge in [-0.05, 0) is 54.1 Å². The largest absolute Gasteiger partial charge is 0.507 e. The maximum absolute atomic E-state index is 13.1. The van der Waals surface area contributed by atoms with Crippen molar-refractivity contribution < 1.29 is 24.4 Å². The van der Waals surface area contributed by atoms with Crippen LogP contribution in [0.5, 0.6) is 5.75 Å². The van der Waals surface area contributed by atoms with Crippen LogP contribution in [0, 0.1) is 10.1 Å². The highest BCUT2D eigenvalue weighted by Gasteiger charge is 2.47. The fourth-order valence-electron chi connectivity index (χ4n) is 3.73. The van der Waals surface area contributed by atoms with E-state index in [4.69, 9.17) is 16.3 Å². The maximum Gasteiger partial charge on any atom is 0.300 e. The number of aliphatic hydroxyl groups excluding tert-OH is 1. The molecule has 166 valence electrons. The zero-order chi connectivity index (χ0) is 23.7. The van der Waals surface area contributed by atoms with Crippen LogP contribution in [0.3, 0.4) is 0 Å². The van der Waals surface area contributed by atoms with E-state index in [1.807, 2.05) is 0 Å². The number of amides is 1. The van der Waals surface area contributed by atoms with Crippen LogP contribution in [0.25, 0.3) is 5.76 Å². The first-order chi connectivity index (χ1) is 15.8. The molecule has 0 aromatic heterocycles. The number of anilines is 1. The first-order valence-corrected chi connectivity index (χ1v) is 10.1. The van der Waals surface area contributed by atoms with E-state index in [0.717, 1.165) is 0 Å². The summed E-state index contributed by atoms with van der Waals surface area (Å²) in [4.78, 5) is 38.2. The van der Waals surface area contributed by atoms with Gasteiger partial charge in [-0.1, -0.05) is 23.7 Å². The number of nitrogens with zero attached hydrogens (tertiary/aromatic N) is 2. The average Bonchev–Trinajstić information content (AvgIpc) is 3.09. The Morgan fingerprint density at radius 1 is 1.06 bits per heavy atom. The topological polar surface area (TPSA) is 110 Å². The third-order valence-electron chi connectivity index (χ3n) is 5.31. The Kier molecular flexibility index (Phi) is 5.85. The Labute approximate surface area is 193 Å². The van der Waals surface area contributed by atoms with Crippen molar-refractivity contribution in [3.63, 3.8) is 0 Å². The van der Waals surface area contributed by atoms with Gasteiger partial charge in [0.2, 0.25) is 0 Å². The third-order valence-corrected chi connectivity index (χ3v) is 5.56. The lowest BCUT2D eigenvalue weighted by atomic mass is 9.95. The lowest BCUT2D eigenvalue weighted by Gasteiger charge is -2.25. The zero-order valence-electron chi connectivity index (χ0n) is 17.3. The molecule has 4 rings (SSSR count). The fraction of sp³-hybridized carbons (Fsp3) is 0.0833. The van der Waals surface area contributed by atoms with E-state index in [9.17, 15) is 24.8 Å². The molecule has 8 nitrogen and oxygen atoms in total. The molecule has 0 bridgehead atoms. The minimum absolute atomic E-state index is 0.182. The number of Topliss-reactive ketones (excluding diaryl/α,β-unsaturated/α-hetero) is 1. The molecule has 9 heteroatoms. The lowest BCUT2D eigenvalue weighted by molar-refractivity contribution is -0.384. The summed E-state index contributed by atoms with van der Waals surface area (Å²) < 4.78 is 5.15. The molecule has 1 N–H and O–H groups in total. The van der Waals surface area contributed by atoms with Crippen LogP contribution < -0.4 is 9.64 Å². The zero-order valence-corrected chi connectivity index (χ0v) is 18.0. The Hall–Kier alpha value is -4.17. The number of benzene rings is 3. The molecule has 1 atom stereocenters. The summed E-state index contributed by atoms with van der Waals surface area (Å²) in [7, 11) is 1.50. The van der Waals surface area contributed by atoms with Gasteiger partial charge in [0.1, 0.15) is 11.5 Å². The highest BCUT2D eigenvalue weighted by atomic mass is 35.5. The maximum atomic E-state index is 13.1. The van der Waals surface area contributed by atoms with Crippen LogP contribution in [-0.2, 0) is 9.59 Å². The summed E-state index contributed by atoms with van der Waals surface area (Å²) in [5.41, 5.74) is 0.555. The minimum atomic E-state index is -1.09. The van der Waals surface area contributed by atoms with Gasteiger partial charge in [0.15, 0.2) is 0 Å². The van der Waals surface area contributed by atoms with Crippen molar-refractivity contribution in [3.8, 4) is 5.75 Å². The number of aliphatic hydroxyl groups is 1. The molecule has 1 aliphatic heterocycles. The molecule has 0 spiro atoms. The number of hydrogen-bond acceptors (Lipinski definition) is 6. The van der Waals surface area contributed by atoms with E-state index in [1.54, 1.807) is 42.5 Å². The van der Waals surface area contributed by atoms with E-state index < -0.39 is 28.4 Å². The number of nitro groups is 1. The fourth-order valence-corrected chi connectivity index (χ4v) is 3.85. The van der Waals surface area contributed by atoms with Crippen molar-refractivity contribution in [2.24, 2.45) is 0 Å². The van der Waals surface area contributed by atoms with Gasteiger partial charge in [0.05, 0.1) is 23.6 Å². The Morgan fingerprint density at radius 3 is 2.33 bits per heavy atom. The average molecular weight is 465 g/mol. The summed E-state index contributed by atoms with van der Waals surface area (Å²) in [5, 5.41) is 22.8. The number of carbonyl (C=O) groups is 2. The first kappa shape index (κ1) is 22.0. The smallest absolute Gasteiger partial charge is 0.300 e. The SMILES string of the molecule is COc1ccc(N2C(=O)C(=O)C(=C(O)c3ccc(Cl)cc3)C2c2cccc([N+](=O)[O-])c2)cc1. The van der Waals surface area contributed by atoms with Gasteiger partial charge in [0.25, 0.3) is 17.4 Å². The molecule has 0 radical (unpaired) electrons. The van der Waals surface area contributed by atoms with Gasteiger partial charge in [-0.15, -0.1) is 0 Å². The van der Waals surface area contributed by atoms with Gasteiger partial charge >= 0.3 is 0 Å². The Morgan fingerprint density at radius 2 is 1.73 bits per heavy atom. The highest BCUT2D eigenvalue weighted by molar-refractivity contribution is 6.51. The summed E-state index contributed by atoms with van der Waals surface area (Å²) >= 11 is 5.93. The molecule has 1 unspecified atom stereocenters. The van der Waals surface area contributed by atoms with Crippen molar-refractivity contribution in [2.75, 3.05) is 12.0 Å². The van der Waals surface area contributed by atoms with E-state index in [2.05, 4.69) is 0 Å². The second kappa shape index (κ2) is 8.76. The van der Waals surface area contributed by atoms with Crippen LogP contribution >= 0.6 is 11.6 Å². The number of methoxy groups -OCH3 is 1. The molecule has 33 heavy (non-hydrogen) atoms. The van der Waals surface area contributed by atoms with Crippen LogP contribution in [0.4, 0.5) is 11.4 Å². The van der Waals surface area contributed by atoms with E-state index >= 15 is 0 Å². The Bertz CT molecular complexity index is 1290. The van der Waals surface area contributed by atoms with Crippen LogP contribution in [0.15, 0.2) is 78.4 Å². The lowest BCUT2D eigenvalue weighted by Crippen LogP contribution is -2.29. The van der Waals surface area contributed by atoms with E-state index in [0.29, 0.717) is 22.0 Å². The van der Waals surface area contributed by atoms with Crippen molar-refractivity contribution in [3.05, 3.63) is 105 Å².